The lowest BCUT2D eigenvalue weighted by Gasteiger charge is -2.26. The maximum atomic E-state index is 12.7. The number of aromatic nitrogens is 2. The van der Waals surface area contributed by atoms with Gasteiger partial charge in [-0.05, 0) is 24.3 Å². The van der Waals surface area contributed by atoms with Gasteiger partial charge in [0.2, 0.25) is 0 Å². The average Bonchev–Trinajstić information content (AvgIpc) is 3.16. The number of hydrogen-bond acceptors (Lipinski definition) is 5. The van der Waals surface area contributed by atoms with Crippen molar-refractivity contribution in [3.05, 3.63) is 54.0 Å². The zero-order valence-corrected chi connectivity index (χ0v) is 14.6. The number of hydrazine groups is 1. The molecular weight excluding hydrogens is 346 g/mol. The molecule has 0 unspecified atom stereocenters. The molecule has 1 aromatic carbocycles. The van der Waals surface area contributed by atoms with Crippen molar-refractivity contribution in [1.82, 2.24) is 20.3 Å². The van der Waals surface area contributed by atoms with E-state index in [0.29, 0.717) is 37.4 Å². The highest BCUT2D eigenvalue weighted by Gasteiger charge is 2.19. The number of rotatable bonds is 3. The Kier molecular flexibility index (Phi) is 4.57. The molecule has 0 bridgehead atoms. The first-order valence-electron chi connectivity index (χ1n) is 8.62. The van der Waals surface area contributed by atoms with Crippen molar-refractivity contribution in [3.8, 4) is 11.1 Å². The molecule has 1 aliphatic heterocycles. The summed E-state index contributed by atoms with van der Waals surface area (Å²) in [5.41, 5.74) is 5.66. The lowest BCUT2D eigenvalue weighted by atomic mass is 10.0. The lowest BCUT2D eigenvalue weighted by Crippen LogP contribution is -2.40. The van der Waals surface area contributed by atoms with Gasteiger partial charge >= 0.3 is 0 Å². The van der Waals surface area contributed by atoms with Crippen LogP contribution in [0.3, 0.4) is 0 Å². The molecule has 0 saturated carbocycles. The third-order valence-electron chi connectivity index (χ3n) is 4.67. The Hall–Kier alpha value is -3.23. The summed E-state index contributed by atoms with van der Waals surface area (Å²) in [6, 6.07) is 7.10. The van der Waals surface area contributed by atoms with E-state index in [-0.39, 0.29) is 11.8 Å². The summed E-state index contributed by atoms with van der Waals surface area (Å²) in [5, 5.41) is 0.855. The molecular formula is C19H19N5O3. The molecule has 2 amide bonds. The zero-order valence-electron chi connectivity index (χ0n) is 14.6. The second-order valence-electron chi connectivity index (χ2n) is 6.30. The van der Waals surface area contributed by atoms with Gasteiger partial charge in [0.1, 0.15) is 0 Å². The van der Waals surface area contributed by atoms with Gasteiger partial charge in [-0.25, -0.2) is 5.84 Å². The summed E-state index contributed by atoms with van der Waals surface area (Å²) >= 11 is 0. The summed E-state index contributed by atoms with van der Waals surface area (Å²) < 4.78 is 5.30. The summed E-state index contributed by atoms with van der Waals surface area (Å²) in [6.07, 6.45) is 5.12. The van der Waals surface area contributed by atoms with Crippen molar-refractivity contribution >= 4 is 22.7 Å². The number of nitrogens with zero attached hydrogens (tertiary/aromatic N) is 2. The third-order valence-corrected chi connectivity index (χ3v) is 4.67. The molecule has 0 atom stereocenters. The van der Waals surface area contributed by atoms with Gasteiger partial charge in [-0.1, -0.05) is 0 Å². The van der Waals surface area contributed by atoms with Crippen LogP contribution < -0.4 is 11.3 Å². The first kappa shape index (κ1) is 17.2. The number of nitrogens with one attached hydrogen (secondary N) is 2. The number of pyridine rings is 1. The highest BCUT2D eigenvalue weighted by atomic mass is 16.5. The first-order valence-corrected chi connectivity index (χ1v) is 8.62. The quantitative estimate of drug-likeness (QED) is 0.368. The number of amides is 2. The van der Waals surface area contributed by atoms with Crippen molar-refractivity contribution in [3.63, 3.8) is 0 Å². The molecule has 27 heavy (non-hydrogen) atoms. The topological polar surface area (TPSA) is 113 Å². The van der Waals surface area contributed by atoms with Crippen LogP contribution in [-0.2, 0) is 4.74 Å². The summed E-state index contributed by atoms with van der Waals surface area (Å²) in [5.74, 6) is 4.81. The van der Waals surface area contributed by atoms with Crippen LogP contribution in [-0.4, -0.2) is 53.0 Å². The van der Waals surface area contributed by atoms with Crippen molar-refractivity contribution in [1.29, 1.82) is 0 Å². The number of nitrogens with two attached hydrogens (primary N) is 1. The van der Waals surface area contributed by atoms with Crippen molar-refractivity contribution < 1.29 is 14.3 Å². The lowest BCUT2D eigenvalue weighted by molar-refractivity contribution is 0.0302. The van der Waals surface area contributed by atoms with Crippen LogP contribution in [0.2, 0.25) is 0 Å². The molecule has 0 radical (unpaired) electrons. The molecule has 8 nitrogen and oxygen atoms in total. The number of benzene rings is 1. The van der Waals surface area contributed by atoms with Crippen molar-refractivity contribution in [2.24, 2.45) is 5.84 Å². The fourth-order valence-corrected chi connectivity index (χ4v) is 3.24. The smallest absolute Gasteiger partial charge is 0.265 e. The van der Waals surface area contributed by atoms with E-state index in [2.05, 4.69) is 15.4 Å². The number of hydrogen-bond donors (Lipinski definition) is 3. The van der Waals surface area contributed by atoms with E-state index in [1.54, 1.807) is 29.4 Å². The second-order valence-corrected chi connectivity index (χ2v) is 6.30. The normalized spacial score (nSPS) is 14.3. The Bertz CT molecular complexity index is 1010. The summed E-state index contributed by atoms with van der Waals surface area (Å²) in [7, 11) is 0. The number of H-pyrrole nitrogens is 1. The van der Waals surface area contributed by atoms with Gasteiger partial charge in [0.25, 0.3) is 11.8 Å². The summed E-state index contributed by atoms with van der Waals surface area (Å²) in [4.78, 5) is 33.7. The second kappa shape index (κ2) is 7.18. The Morgan fingerprint density at radius 3 is 2.74 bits per heavy atom. The Balaban J connectivity index is 1.71. The van der Waals surface area contributed by atoms with E-state index in [0.717, 1.165) is 22.0 Å². The van der Waals surface area contributed by atoms with Crippen molar-refractivity contribution in [2.45, 2.75) is 0 Å². The van der Waals surface area contributed by atoms with Crippen LogP contribution in [0.15, 0.2) is 42.9 Å². The molecule has 2 aromatic heterocycles. The molecule has 3 heterocycles. The number of nitrogen functional groups attached to an aromatic ring is 1. The van der Waals surface area contributed by atoms with E-state index in [4.69, 9.17) is 10.6 Å². The fourth-order valence-electron chi connectivity index (χ4n) is 3.24. The third kappa shape index (κ3) is 3.27. The maximum Gasteiger partial charge on any atom is 0.265 e. The first-order chi connectivity index (χ1) is 13.2. The maximum absolute atomic E-state index is 12.7. The van der Waals surface area contributed by atoms with E-state index in [9.17, 15) is 9.59 Å². The molecule has 4 rings (SSSR count). The summed E-state index contributed by atoms with van der Waals surface area (Å²) in [6.45, 7) is 2.25. The van der Waals surface area contributed by atoms with Crippen LogP contribution in [0.5, 0.6) is 0 Å². The van der Waals surface area contributed by atoms with E-state index in [1.807, 2.05) is 18.3 Å². The Morgan fingerprint density at radius 2 is 1.96 bits per heavy atom. The molecule has 138 valence electrons. The Morgan fingerprint density at radius 1 is 1.15 bits per heavy atom. The number of morpholine rings is 1. The molecule has 1 saturated heterocycles. The van der Waals surface area contributed by atoms with Gasteiger partial charge in [0.05, 0.1) is 18.8 Å². The minimum Gasteiger partial charge on any atom is -0.378 e. The van der Waals surface area contributed by atoms with Crippen molar-refractivity contribution in [2.75, 3.05) is 26.3 Å². The number of ether oxygens (including phenoxy) is 1. The molecule has 4 N–H and O–H groups in total. The number of carbonyl (C=O) groups excluding carboxylic acids is 2. The van der Waals surface area contributed by atoms with Gasteiger partial charge < -0.3 is 14.6 Å². The minimum absolute atomic E-state index is 0.0595. The van der Waals surface area contributed by atoms with Crippen LogP contribution in [0.25, 0.3) is 22.0 Å². The molecule has 8 heteroatoms. The van der Waals surface area contributed by atoms with E-state index in [1.165, 1.54) is 0 Å². The van der Waals surface area contributed by atoms with Crippen LogP contribution in [0.1, 0.15) is 20.7 Å². The molecule has 1 fully saturated rings. The van der Waals surface area contributed by atoms with Gasteiger partial charge in [0.15, 0.2) is 0 Å². The van der Waals surface area contributed by atoms with E-state index < -0.39 is 0 Å². The van der Waals surface area contributed by atoms with Crippen LogP contribution in [0, 0.1) is 0 Å². The van der Waals surface area contributed by atoms with Gasteiger partial charge in [0, 0.05) is 59.3 Å². The predicted octanol–water partition coefficient (Wildman–Crippen LogP) is 1.31. The number of carbonyl (C=O) groups is 2. The standard InChI is InChI=1S/C19H19N5O3/c20-23-18(25)12-1-2-17-15(8-12)16(11-22-17)13-7-14(10-21-9-13)19(26)24-3-5-27-6-4-24/h1-2,7-11,22H,3-6,20H2,(H,23,25). The molecule has 1 aliphatic rings. The zero-order chi connectivity index (χ0) is 18.8. The highest BCUT2D eigenvalue weighted by Crippen LogP contribution is 2.29. The average molecular weight is 365 g/mol. The highest BCUT2D eigenvalue weighted by molar-refractivity contribution is 6.03. The molecule has 3 aromatic rings. The number of aromatic amines is 1. The minimum atomic E-state index is -0.363. The van der Waals surface area contributed by atoms with Crippen LogP contribution in [0.4, 0.5) is 0 Å². The number of fused-ring (bicyclic) bond motifs is 1. The van der Waals surface area contributed by atoms with E-state index >= 15 is 0 Å². The van der Waals surface area contributed by atoms with Gasteiger partial charge in [-0.15, -0.1) is 0 Å². The monoisotopic (exact) mass is 365 g/mol. The predicted molar refractivity (Wildman–Crippen MR) is 99.9 cm³/mol. The molecule has 0 spiro atoms. The van der Waals surface area contributed by atoms with Crippen LogP contribution >= 0.6 is 0 Å². The SMILES string of the molecule is NNC(=O)c1ccc2[nH]cc(-c3cncc(C(=O)N4CCOCC4)c3)c2c1. The fraction of sp³-hybridized carbons (Fsp3) is 0.211. The van der Waals surface area contributed by atoms with Gasteiger partial charge in [-0.2, -0.15) is 0 Å². The largest absolute Gasteiger partial charge is 0.378 e. The van der Waals surface area contributed by atoms with Gasteiger partial charge in [-0.3, -0.25) is 20.0 Å². The Labute approximate surface area is 155 Å². The molecule has 0 aliphatic carbocycles.